The molecule has 1 fully saturated rings. The maximum Gasteiger partial charge on any atom is 0.243 e. The quantitative estimate of drug-likeness (QED) is 0.929. The van der Waals surface area contributed by atoms with Crippen LogP contribution in [0, 0.1) is 12.8 Å². The van der Waals surface area contributed by atoms with E-state index in [1.807, 2.05) is 6.92 Å². The van der Waals surface area contributed by atoms with Crippen LogP contribution >= 0.6 is 11.6 Å². The Bertz CT molecular complexity index is 574. The summed E-state index contributed by atoms with van der Waals surface area (Å²) >= 11 is 5.88. The van der Waals surface area contributed by atoms with E-state index < -0.39 is 10.0 Å². The van der Waals surface area contributed by atoms with Gasteiger partial charge in [-0.05, 0) is 56.5 Å². The van der Waals surface area contributed by atoms with Gasteiger partial charge in [0.25, 0.3) is 0 Å². The molecular formula is C13H19ClN2O2S. The van der Waals surface area contributed by atoms with Crippen LogP contribution in [0.5, 0.6) is 0 Å². The van der Waals surface area contributed by atoms with Crippen LogP contribution in [0.1, 0.15) is 18.9 Å². The van der Waals surface area contributed by atoms with Crippen LogP contribution in [-0.4, -0.2) is 31.9 Å². The van der Waals surface area contributed by atoms with E-state index in [1.165, 1.54) is 0 Å². The predicted molar refractivity (Wildman–Crippen MR) is 76.7 cm³/mol. The Morgan fingerprint density at radius 1 is 1.47 bits per heavy atom. The average molecular weight is 303 g/mol. The highest BCUT2D eigenvalue weighted by Crippen LogP contribution is 2.30. The molecule has 1 aliphatic rings. The number of aryl methyl sites for hydroxylation is 1. The van der Waals surface area contributed by atoms with Gasteiger partial charge < -0.3 is 5.73 Å². The predicted octanol–water partition coefficient (Wildman–Crippen LogP) is 2.01. The van der Waals surface area contributed by atoms with E-state index in [9.17, 15) is 8.42 Å². The van der Waals surface area contributed by atoms with Gasteiger partial charge in [-0.3, -0.25) is 0 Å². The van der Waals surface area contributed by atoms with Crippen LogP contribution in [0.25, 0.3) is 0 Å². The number of benzene rings is 1. The summed E-state index contributed by atoms with van der Waals surface area (Å²) in [6, 6.07) is 4.86. The molecule has 0 bridgehead atoms. The SMILES string of the molecule is Cc1cc(Cl)ccc1S(=O)(=O)N1CC(CN)CC1C. The first-order chi connectivity index (χ1) is 8.86. The van der Waals surface area contributed by atoms with Crippen molar-refractivity contribution in [1.82, 2.24) is 4.31 Å². The van der Waals surface area contributed by atoms with Crippen molar-refractivity contribution >= 4 is 21.6 Å². The van der Waals surface area contributed by atoms with Crippen LogP contribution in [-0.2, 0) is 10.0 Å². The summed E-state index contributed by atoms with van der Waals surface area (Å²) in [5.41, 5.74) is 6.33. The maximum atomic E-state index is 12.7. The molecule has 1 aromatic carbocycles. The van der Waals surface area contributed by atoms with Gasteiger partial charge in [0.1, 0.15) is 0 Å². The molecule has 0 aromatic heterocycles. The van der Waals surface area contributed by atoms with Crippen molar-refractivity contribution in [2.24, 2.45) is 11.7 Å². The molecule has 2 unspecified atom stereocenters. The van der Waals surface area contributed by atoms with Crippen molar-refractivity contribution in [2.75, 3.05) is 13.1 Å². The minimum atomic E-state index is -3.46. The Balaban J connectivity index is 2.37. The Kier molecular flexibility index (Phi) is 4.20. The first-order valence-corrected chi connectivity index (χ1v) is 8.16. The standard InChI is InChI=1S/C13H19ClN2O2S/c1-9-5-12(14)3-4-13(9)19(17,18)16-8-11(7-15)6-10(16)2/h3-5,10-11H,6-8,15H2,1-2H3. The number of nitrogens with zero attached hydrogens (tertiary/aromatic N) is 1. The van der Waals surface area contributed by atoms with E-state index in [0.29, 0.717) is 28.6 Å². The summed E-state index contributed by atoms with van der Waals surface area (Å²) in [6.45, 7) is 4.72. The second-order valence-corrected chi connectivity index (χ2v) is 7.47. The highest BCUT2D eigenvalue weighted by molar-refractivity contribution is 7.89. The molecule has 2 rings (SSSR count). The highest BCUT2D eigenvalue weighted by atomic mass is 35.5. The number of halogens is 1. The van der Waals surface area contributed by atoms with Gasteiger partial charge in [-0.1, -0.05) is 11.6 Å². The number of hydrogen-bond donors (Lipinski definition) is 1. The first-order valence-electron chi connectivity index (χ1n) is 6.34. The van der Waals surface area contributed by atoms with Crippen molar-refractivity contribution in [3.05, 3.63) is 28.8 Å². The topological polar surface area (TPSA) is 63.4 Å². The monoisotopic (exact) mass is 302 g/mol. The zero-order valence-corrected chi connectivity index (χ0v) is 12.7. The zero-order valence-electron chi connectivity index (χ0n) is 11.1. The van der Waals surface area contributed by atoms with Crippen molar-refractivity contribution in [1.29, 1.82) is 0 Å². The van der Waals surface area contributed by atoms with Gasteiger partial charge in [-0.2, -0.15) is 4.31 Å². The van der Waals surface area contributed by atoms with E-state index in [-0.39, 0.29) is 12.0 Å². The lowest BCUT2D eigenvalue weighted by molar-refractivity contribution is 0.404. The molecule has 1 aliphatic heterocycles. The molecule has 0 aliphatic carbocycles. The Morgan fingerprint density at radius 3 is 2.68 bits per heavy atom. The summed E-state index contributed by atoms with van der Waals surface area (Å²) in [6.07, 6.45) is 0.822. The third-order valence-corrected chi connectivity index (χ3v) is 6.04. The molecule has 2 N–H and O–H groups in total. The van der Waals surface area contributed by atoms with Crippen molar-refractivity contribution < 1.29 is 8.42 Å². The number of nitrogens with two attached hydrogens (primary N) is 1. The molecular weight excluding hydrogens is 284 g/mol. The second kappa shape index (κ2) is 5.40. The molecule has 1 aromatic rings. The lowest BCUT2D eigenvalue weighted by Gasteiger charge is -2.22. The summed E-state index contributed by atoms with van der Waals surface area (Å²) in [5, 5.41) is 0.547. The first kappa shape index (κ1) is 14.8. The number of rotatable bonds is 3. The van der Waals surface area contributed by atoms with E-state index in [2.05, 4.69) is 0 Å². The third-order valence-electron chi connectivity index (χ3n) is 3.66. The average Bonchev–Trinajstić information content (AvgIpc) is 2.70. The molecule has 0 amide bonds. The molecule has 106 valence electrons. The number of sulfonamides is 1. The van der Waals surface area contributed by atoms with E-state index in [4.69, 9.17) is 17.3 Å². The molecule has 4 nitrogen and oxygen atoms in total. The van der Waals surface area contributed by atoms with E-state index in [1.54, 1.807) is 29.4 Å². The van der Waals surface area contributed by atoms with Crippen LogP contribution in [0.2, 0.25) is 5.02 Å². The molecule has 19 heavy (non-hydrogen) atoms. The minimum Gasteiger partial charge on any atom is -0.330 e. The molecule has 6 heteroatoms. The van der Waals surface area contributed by atoms with Gasteiger partial charge in [0.2, 0.25) is 10.0 Å². The second-order valence-electron chi connectivity index (χ2n) is 5.17. The van der Waals surface area contributed by atoms with Gasteiger partial charge >= 0.3 is 0 Å². The van der Waals surface area contributed by atoms with Gasteiger partial charge in [0.05, 0.1) is 4.90 Å². The van der Waals surface area contributed by atoms with Gasteiger partial charge in [0.15, 0.2) is 0 Å². The van der Waals surface area contributed by atoms with E-state index in [0.717, 1.165) is 6.42 Å². The third kappa shape index (κ3) is 2.79. The molecule has 0 saturated carbocycles. The van der Waals surface area contributed by atoms with Crippen LogP contribution in [0.3, 0.4) is 0 Å². The summed E-state index contributed by atoms with van der Waals surface area (Å²) in [5.74, 6) is 0.248. The smallest absolute Gasteiger partial charge is 0.243 e. The molecule has 0 spiro atoms. The molecule has 2 atom stereocenters. The summed E-state index contributed by atoms with van der Waals surface area (Å²) in [4.78, 5) is 0.335. The largest absolute Gasteiger partial charge is 0.330 e. The van der Waals surface area contributed by atoms with Crippen molar-refractivity contribution in [3.8, 4) is 0 Å². The fourth-order valence-corrected chi connectivity index (χ4v) is 4.80. The van der Waals surface area contributed by atoms with Crippen molar-refractivity contribution in [3.63, 3.8) is 0 Å². The normalized spacial score (nSPS) is 24.8. The maximum absolute atomic E-state index is 12.7. The van der Waals surface area contributed by atoms with Gasteiger partial charge in [-0.25, -0.2) is 8.42 Å². The fourth-order valence-electron chi connectivity index (χ4n) is 2.64. The summed E-state index contributed by atoms with van der Waals surface area (Å²) in [7, 11) is -3.46. The molecule has 1 saturated heterocycles. The molecule has 0 radical (unpaired) electrons. The molecule has 1 heterocycles. The van der Waals surface area contributed by atoms with Gasteiger partial charge in [-0.15, -0.1) is 0 Å². The van der Waals surface area contributed by atoms with Gasteiger partial charge in [0, 0.05) is 17.6 Å². The Hall–Kier alpha value is -0.620. The summed E-state index contributed by atoms with van der Waals surface area (Å²) < 4.78 is 26.9. The van der Waals surface area contributed by atoms with Crippen LogP contribution < -0.4 is 5.73 Å². The highest BCUT2D eigenvalue weighted by Gasteiger charge is 2.37. The lowest BCUT2D eigenvalue weighted by atomic mass is 10.1. The van der Waals surface area contributed by atoms with Crippen LogP contribution in [0.15, 0.2) is 23.1 Å². The minimum absolute atomic E-state index is 0.00590. The number of hydrogen-bond acceptors (Lipinski definition) is 3. The van der Waals surface area contributed by atoms with Crippen LogP contribution in [0.4, 0.5) is 0 Å². The lowest BCUT2D eigenvalue weighted by Crippen LogP contribution is -2.34. The Labute approximate surface area is 119 Å². The van der Waals surface area contributed by atoms with E-state index >= 15 is 0 Å². The zero-order chi connectivity index (χ0) is 14.2. The Morgan fingerprint density at radius 2 is 2.16 bits per heavy atom. The fraction of sp³-hybridized carbons (Fsp3) is 0.538. The van der Waals surface area contributed by atoms with Crippen molar-refractivity contribution in [2.45, 2.75) is 31.2 Å².